The third kappa shape index (κ3) is 8.18. The number of nitrogens with one attached hydrogen (secondary N) is 3. The summed E-state index contributed by atoms with van der Waals surface area (Å²) in [5, 5.41) is 13.3. The summed E-state index contributed by atoms with van der Waals surface area (Å²) in [5.41, 5.74) is 11.3. The van der Waals surface area contributed by atoms with Crippen molar-refractivity contribution in [3.05, 3.63) is 72.6 Å². The van der Waals surface area contributed by atoms with E-state index in [1.807, 2.05) is 43.0 Å². The van der Waals surface area contributed by atoms with E-state index in [1.165, 1.54) is 0 Å². The van der Waals surface area contributed by atoms with Gasteiger partial charge in [-0.1, -0.05) is 69.3 Å². The van der Waals surface area contributed by atoms with E-state index in [4.69, 9.17) is 10.7 Å². The molecule has 3 fully saturated rings. The molecule has 4 aromatic rings. The van der Waals surface area contributed by atoms with Gasteiger partial charge in [0, 0.05) is 26.2 Å². The number of hydrogen-bond donors (Lipinski definition) is 5. The van der Waals surface area contributed by atoms with E-state index in [0.29, 0.717) is 45.4 Å². The predicted octanol–water partition coefficient (Wildman–Crippen LogP) is 5.78. The highest BCUT2D eigenvalue weighted by Gasteiger charge is 2.39. The summed E-state index contributed by atoms with van der Waals surface area (Å²) in [6.07, 6.45) is 8.76. The van der Waals surface area contributed by atoms with Crippen LogP contribution < -0.4 is 11.1 Å². The number of aromatic nitrogens is 4. The van der Waals surface area contributed by atoms with E-state index in [1.54, 1.807) is 11.8 Å². The molecule has 0 unspecified atom stereocenters. The molecule has 13 heteroatoms. The molecule has 5 heterocycles. The molecule has 0 saturated carbocycles. The van der Waals surface area contributed by atoms with Crippen LogP contribution in [0.4, 0.5) is 4.79 Å². The molecule has 55 heavy (non-hydrogen) atoms. The molecule has 13 nitrogen and oxygen atoms in total. The smallest absolute Gasteiger partial charge is 0.318 e. The minimum absolute atomic E-state index is 0.0106. The fourth-order valence-electron chi connectivity index (χ4n) is 8.12. The molecule has 3 aliphatic rings. The van der Waals surface area contributed by atoms with E-state index in [0.717, 1.165) is 71.0 Å². The first kappa shape index (κ1) is 38.3. The van der Waals surface area contributed by atoms with Gasteiger partial charge in [0.1, 0.15) is 17.7 Å². The zero-order chi connectivity index (χ0) is 38.9. The average molecular weight is 750 g/mol. The van der Waals surface area contributed by atoms with Crippen molar-refractivity contribution in [2.75, 3.05) is 26.2 Å². The number of urea groups is 1. The van der Waals surface area contributed by atoms with Crippen molar-refractivity contribution in [1.82, 2.24) is 40.0 Å². The first-order chi connectivity index (χ1) is 26.4. The van der Waals surface area contributed by atoms with Crippen LogP contribution in [0.2, 0.25) is 0 Å². The molecular formula is C42H55N9O4. The molecule has 292 valence electrons. The van der Waals surface area contributed by atoms with Crippen molar-refractivity contribution in [1.29, 1.82) is 0 Å². The summed E-state index contributed by atoms with van der Waals surface area (Å²) in [5.74, 6) is 1.34. The van der Waals surface area contributed by atoms with Gasteiger partial charge in [0.25, 0.3) is 0 Å². The number of carbonyl (C=O) groups is 3. The lowest BCUT2D eigenvalue weighted by Gasteiger charge is -2.37. The van der Waals surface area contributed by atoms with Gasteiger partial charge in [0.15, 0.2) is 0 Å². The maximum absolute atomic E-state index is 14.0. The molecule has 4 amide bonds. The number of aromatic amines is 2. The summed E-state index contributed by atoms with van der Waals surface area (Å²) in [4.78, 5) is 61.7. The van der Waals surface area contributed by atoms with Crippen molar-refractivity contribution in [2.24, 2.45) is 11.7 Å². The van der Waals surface area contributed by atoms with Crippen molar-refractivity contribution < 1.29 is 19.5 Å². The van der Waals surface area contributed by atoms with Crippen molar-refractivity contribution in [2.45, 2.75) is 102 Å². The van der Waals surface area contributed by atoms with E-state index >= 15 is 0 Å². The van der Waals surface area contributed by atoms with Crippen LogP contribution in [0.5, 0.6) is 0 Å². The van der Waals surface area contributed by atoms with Crippen LogP contribution in [0.3, 0.4) is 0 Å². The Morgan fingerprint density at radius 1 is 0.800 bits per heavy atom. The number of carbonyl (C=O) groups excluding carboxylic acids is 3. The Hall–Kier alpha value is -5.01. The highest BCUT2D eigenvalue weighted by Crippen LogP contribution is 2.35. The van der Waals surface area contributed by atoms with E-state index < -0.39 is 17.7 Å². The number of nitrogens with two attached hydrogens (primary N) is 1. The summed E-state index contributed by atoms with van der Waals surface area (Å²) < 4.78 is 0. The van der Waals surface area contributed by atoms with Crippen LogP contribution in [-0.4, -0.2) is 101 Å². The number of nitrogens with zero attached hydrogens (tertiary/aromatic N) is 5. The zero-order valence-corrected chi connectivity index (χ0v) is 32.4. The fourth-order valence-corrected chi connectivity index (χ4v) is 8.12. The Kier molecular flexibility index (Phi) is 11.1. The van der Waals surface area contributed by atoms with Gasteiger partial charge in [-0.2, -0.15) is 0 Å². The van der Waals surface area contributed by atoms with Gasteiger partial charge in [0.05, 0.1) is 47.5 Å². The maximum atomic E-state index is 14.0. The Morgan fingerprint density at radius 3 is 1.71 bits per heavy atom. The summed E-state index contributed by atoms with van der Waals surface area (Å²) in [6.45, 7) is 9.86. The molecule has 3 saturated heterocycles. The molecule has 0 aliphatic carbocycles. The monoisotopic (exact) mass is 749 g/mol. The molecule has 2 aromatic heterocycles. The number of benzene rings is 2. The van der Waals surface area contributed by atoms with E-state index in [9.17, 15) is 19.5 Å². The van der Waals surface area contributed by atoms with Crippen LogP contribution in [-0.2, 0) is 9.59 Å². The Bertz CT molecular complexity index is 1960. The zero-order valence-electron chi connectivity index (χ0n) is 32.4. The second-order valence-corrected chi connectivity index (χ2v) is 16.1. The quantitative estimate of drug-likeness (QED) is 0.137. The van der Waals surface area contributed by atoms with Crippen LogP contribution in [0.1, 0.15) is 96.4 Å². The lowest BCUT2D eigenvalue weighted by molar-refractivity contribution is -0.135. The molecule has 0 spiro atoms. The second kappa shape index (κ2) is 16.0. The number of likely N-dealkylation sites (tertiary alicyclic amines) is 3. The molecule has 0 radical (unpaired) electrons. The van der Waals surface area contributed by atoms with E-state index in [2.05, 4.69) is 68.8 Å². The SMILES string of the molecule is CC[C@H](N)C(=O)N1CCC[C@H]1c1ncc(-c2ccc(-c3ccc(-c4cnc([C@@H]5CCCN5C(=O)[C@@H](NC(=O)N5CCC(C)(O)CC5)C(C)C)[nH]4)cc3)cc2)[nH]1. The Labute approximate surface area is 323 Å². The van der Waals surface area contributed by atoms with Crippen LogP contribution in [0.25, 0.3) is 33.6 Å². The number of H-pyrrole nitrogens is 2. The van der Waals surface area contributed by atoms with Gasteiger partial charge in [0.2, 0.25) is 11.8 Å². The number of imidazole rings is 2. The largest absolute Gasteiger partial charge is 0.390 e. The molecular weight excluding hydrogens is 695 g/mol. The van der Waals surface area contributed by atoms with Crippen LogP contribution in [0, 0.1) is 5.92 Å². The third-order valence-corrected chi connectivity index (χ3v) is 11.7. The first-order valence-electron chi connectivity index (χ1n) is 19.9. The van der Waals surface area contributed by atoms with Crippen LogP contribution in [0.15, 0.2) is 60.9 Å². The second-order valence-electron chi connectivity index (χ2n) is 16.1. The minimum Gasteiger partial charge on any atom is -0.390 e. The van der Waals surface area contributed by atoms with E-state index in [-0.39, 0.29) is 35.8 Å². The molecule has 2 aromatic carbocycles. The van der Waals surface area contributed by atoms with Gasteiger partial charge in [-0.15, -0.1) is 0 Å². The van der Waals surface area contributed by atoms with Gasteiger partial charge in [-0.25, -0.2) is 14.8 Å². The van der Waals surface area contributed by atoms with Crippen molar-refractivity contribution in [3.63, 3.8) is 0 Å². The van der Waals surface area contributed by atoms with Crippen molar-refractivity contribution >= 4 is 17.8 Å². The number of hydrogen-bond acceptors (Lipinski definition) is 7. The number of aliphatic hydroxyl groups is 1. The van der Waals surface area contributed by atoms with Gasteiger partial charge in [-0.05, 0) is 80.0 Å². The average Bonchev–Trinajstić information content (AvgIpc) is 4.03. The summed E-state index contributed by atoms with van der Waals surface area (Å²) >= 11 is 0. The van der Waals surface area contributed by atoms with Crippen LogP contribution >= 0.6 is 0 Å². The highest BCUT2D eigenvalue weighted by atomic mass is 16.3. The first-order valence-corrected chi connectivity index (χ1v) is 19.9. The van der Waals surface area contributed by atoms with Crippen molar-refractivity contribution in [3.8, 4) is 33.6 Å². The molecule has 3 aliphatic heterocycles. The number of rotatable bonds is 10. The Morgan fingerprint density at radius 2 is 1.25 bits per heavy atom. The number of amides is 4. The van der Waals surface area contributed by atoms with Gasteiger partial charge >= 0.3 is 6.03 Å². The molecule has 7 rings (SSSR count). The lowest BCUT2D eigenvalue weighted by Crippen LogP contribution is -2.56. The molecule has 4 atom stereocenters. The topological polar surface area (TPSA) is 177 Å². The number of piperidine rings is 1. The molecule has 6 N–H and O–H groups in total. The highest BCUT2D eigenvalue weighted by molar-refractivity contribution is 5.88. The molecule has 0 bridgehead atoms. The summed E-state index contributed by atoms with van der Waals surface area (Å²) in [6, 6.07) is 15.0. The summed E-state index contributed by atoms with van der Waals surface area (Å²) in [7, 11) is 0. The maximum Gasteiger partial charge on any atom is 0.318 e. The minimum atomic E-state index is -0.760. The normalized spacial score (nSPS) is 20.9. The fraction of sp³-hybridized carbons (Fsp3) is 0.500. The lowest BCUT2D eigenvalue weighted by atomic mass is 9.94. The standard InChI is InChI=1S/C42H55N9O4/c1-5-31(43)39(52)50-20-6-8-34(50)37-44-24-32(46-37)29-14-10-27(11-15-29)28-12-16-30(17-13-28)33-25-45-38(47-33)35-9-7-21-51(35)40(53)36(26(2)3)48-41(54)49-22-18-42(4,55)19-23-49/h10-17,24-26,31,34-36,55H,5-9,18-23,43H2,1-4H3,(H,44,46)(H,45,47)(H,48,54)/t31-,34-,35-,36-/m0/s1. The predicted molar refractivity (Wildman–Crippen MR) is 211 cm³/mol. The van der Waals surface area contributed by atoms with Gasteiger partial charge in [-0.3, -0.25) is 9.59 Å². The third-order valence-electron chi connectivity index (χ3n) is 11.7. The Balaban J connectivity index is 0.983. The van der Waals surface area contributed by atoms with Gasteiger partial charge < -0.3 is 40.8 Å².